The Bertz CT molecular complexity index is 930. The van der Waals surface area contributed by atoms with Gasteiger partial charge in [0.1, 0.15) is 5.75 Å². The number of benzene rings is 2. The van der Waals surface area contributed by atoms with Crippen molar-refractivity contribution in [2.45, 2.75) is 52.5 Å². The molecule has 1 unspecified atom stereocenters. The lowest BCUT2D eigenvalue weighted by Crippen LogP contribution is -2.52. The number of carbonyl (C=O) groups is 2. The van der Waals surface area contributed by atoms with Crippen LogP contribution in [-0.2, 0) is 16.1 Å². The molecule has 3 rings (SSSR count). The molecular formula is C28H37ClN2O3. The van der Waals surface area contributed by atoms with Gasteiger partial charge in [-0.25, -0.2) is 0 Å². The summed E-state index contributed by atoms with van der Waals surface area (Å²) in [5.41, 5.74) is 0.667. The van der Waals surface area contributed by atoms with Crippen molar-refractivity contribution in [3.05, 3.63) is 65.2 Å². The predicted octanol–water partition coefficient (Wildman–Crippen LogP) is 5.81. The Morgan fingerprint density at radius 3 is 2.41 bits per heavy atom. The van der Waals surface area contributed by atoms with E-state index in [4.69, 9.17) is 16.3 Å². The van der Waals surface area contributed by atoms with Crippen molar-refractivity contribution in [2.24, 2.45) is 11.3 Å². The molecule has 0 aromatic heterocycles. The fourth-order valence-electron chi connectivity index (χ4n) is 4.77. The molecule has 1 saturated heterocycles. The topological polar surface area (TPSA) is 49.9 Å². The molecule has 6 heteroatoms. The number of halogens is 1. The van der Waals surface area contributed by atoms with Gasteiger partial charge < -0.3 is 14.5 Å². The Morgan fingerprint density at radius 2 is 1.76 bits per heavy atom. The summed E-state index contributed by atoms with van der Waals surface area (Å²) < 4.78 is 6.18. The van der Waals surface area contributed by atoms with E-state index in [0.717, 1.165) is 43.5 Å². The molecule has 0 radical (unpaired) electrons. The van der Waals surface area contributed by atoms with Crippen LogP contribution in [0.3, 0.4) is 0 Å². The van der Waals surface area contributed by atoms with Crippen LogP contribution < -0.4 is 4.74 Å². The first kappa shape index (κ1) is 26.1. The SMILES string of the molecule is CCC(CC)C(=O)N1CCCC(COc2ccc(Cl)cc2)(CC(=O)N(C)Cc2ccccc2)C1. The van der Waals surface area contributed by atoms with E-state index in [1.54, 1.807) is 17.0 Å². The third-order valence-corrected chi connectivity index (χ3v) is 7.13. The van der Waals surface area contributed by atoms with Gasteiger partial charge in [-0.15, -0.1) is 0 Å². The lowest BCUT2D eigenvalue weighted by Gasteiger charge is -2.43. The summed E-state index contributed by atoms with van der Waals surface area (Å²) in [6.07, 6.45) is 3.72. The number of hydrogen-bond donors (Lipinski definition) is 0. The quantitative estimate of drug-likeness (QED) is 0.427. The highest BCUT2D eigenvalue weighted by molar-refractivity contribution is 6.30. The molecule has 2 aromatic carbocycles. The van der Waals surface area contributed by atoms with Crippen LogP contribution in [0.4, 0.5) is 0 Å². The highest BCUT2D eigenvalue weighted by Gasteiger charge is 2.41. The number of carbonyl (C=O) groups excluding carboxylic acids is 2. The van der Waals surface area contributed by atoms with Crippen LogP contribution in [0.2, 0.25) is 5.02 Å². The van der Waals surface area contributed by atoms with E-state index in [1.165, 1.54) is 0 Å². The van der Waals surface area contributed by atoms with Crippen LogP contribution >= 0.6 is 11.6 Å². The minimum Gasteiger partial charge on any atom is -0.493 e. The summed E-state index contributed by atoms with van der Waals surface area (Å²) in [5, 5.41) is 0.652. The second-order valence-corrected chi connectivity index (χ2v) is 9.97. The number of ether oxygens (including phenoxy) is 1. The molecule has 1 atom stereocenters. The smallest absolute Gasteiger partial charge is 0.225 e. The monoisotopic (exact) mass is 484 g/mol. The zero-order valence-corrected chi connectivity index (χ0v) is 21.4. The van der Waals surface area contributed by atoms with Crippen LogP contribution in [0.1, 0.15) is 51.5 Å². The molecule has 1 heterocycles. The molecule has 5 nitrogen and oxygen atoms in total. The molecule has 0 saturated carbocycles. The summed E-state index contributed by atoms with van der Waals surface area (Å²) in [6.45, 7) is 6.35. The van der Waals surface area contributed by atoms with Gasteiger partial charge in [0.2, 0.25) is 11.8 Å². The lowest BCUT2D eigenvalue weighted by molar-refractivity contribution is -0.144. The summed E-state index contributed by atoms with van der Waals surface area (Å²) in [7, 11) is 1.85. The van der Waals surface area contributed by atoms with Crippen molar-refractivity contribution < 1.29 is 14.3 Å². The molecule has 0 spiro atoms. The van der Waals surface area contributed by atoms with Crippen LogP contribution in [0.25, 0.3) is 0 Å². The van der Waals surface area contributed by atoms with Gasteiger partial charge in [0.05, 0.1) is 6.61 Å². The molecule has 0 N–H and O–H groups in total. The third kappa shape index (κ3) is 6.99. The maximum atomic E-state index is 13.3. The first-order valence-electron chi connectivity index (χ1n) is 12.3. The molecule has 1 aliphatic rings. The lowest BCUT2D eigenvalue weighted by atomic mass is 9.76. The van der Waals surface area contributed by atoms with E-state index in [9.17, 15) is 9.59 Å². The number of rotatable bonds is 10. The number of likely N-dealkylation sites (tertiary alicyclic amines) is 1. The fourth-order valence-corrected chi connectivity index (χ4v) is 4.90. The van der Waals surface area contributed by atoms with Crippen molar-refractivity contribution in [3.8, 4) is 5.75 Å². The Hall–Kier alpha value is -2.53. The molecule has 2 aromatic rings. The van der Waals surface area contributed by atoms with Crippen molar-refractivity contribution in [3.63, 3.8) is 0 Å². The Morgan fingerprint density at radius 1 is 1.09 bits per heavy atom. The zero-order valence-electron chi connectivity index (χ0n) is 20.6. The highest BCUT2D eigenvalue weighted by atomic mass is 35.5. The van der Waals surface area contributed by atoms with Gasteiger partial charge in [-0.1, -0.05) is 55.8 Å². The maximum absolute atomic E-state index is 13.3. The first-order chi connectivity index (χ1) is 16.4. The van der Waals surface area contributed by atoms with Gasteiger partial charge in [-0.3, -0.25) is 9.59 Å². The van der Waals surface area contributed by atoms with Gasteiger partial charge in [0.15, 0.2) is 0 Å². The summed E-state index contributed by atoms with van der Waals surface area (Å²) in [4.78, 5) is 30.3. The van der Waals surface area contributed by atoms with Crippen LogP contribution in [0, 0.1) is 11.3 Å². The standard InChI is InChI=1S/C28H37ClN2O3/c1-4-23(5-2)27(33)31-17-9-16-28(20-31,21-34-25-14-12-24(29)13-15-25)18-26(32)30(3)19-22-10-7-6-8-11-22/h6-8,10-15,23H,4-5,9,16-21H2,1-3H3. The van der Waals surface area contributed by atoms with E-state index < -0.39 is 5.41 Å². The van der Waals surface area contributed by atoms with Gasteiger partial charge in [-0.05, 0) is 55.5 Å². The van der Waals surface area contributed by atoms with Crippen molar-refractivity contribution in [1.82, 2.24) is 9.80 Å². The van der Waals surface area contributed by atoms with Crippen molar-refractivity contribution >= 4 is 23.4 Å². The maximum Gasteiger partial charge on any atom is 0.225 e. The normalized spacial score (nSPS) is 18.1. The number of nitrogens with zero attached hydrogens (tertiary/aromatic N) is 2. The van der Waals surface area contributed by atoms with Crippen LogP contribution in [0.5, 0.6) is 5.75 Å². The molecule has 1 fully saturated rings. The van der Waals surface area contributed by atoms with Crippen molar-refractivity contribution in [1.29, 1.82) is 0 Å². The Kier molecular flexibility index (Phi) is 9.40. The van der Waals surface area contributed by atoms with Crippen molar-refractivity contribution in [2.75, 3.05) is 26.7 Å². The molecular weight excluding hydrogens is 448 g/mol. The minimum absolute atomic E-state index is 0.0319. The van der Waals surface area contributed by atoms with E-state index in [2.05, 4.69) is 13.8 Å². The molecule has 2 amide bonds. The van der Waals surface area contributed by atoms with E-state index in [0.29, 0.717) is 31.1 Å². The molecule has 184 valence electrons. The largest absolute Gasteiger partial charge is 0.493 e. The summed E-state index contributed by atoms with van der Waals surface area (Å²) in [5.74, 6) is 1.02. The third-order valence-electron chi connectivity index (χ3n) is 6.88. The first-order valence-corrected chi connectivity index (χ1v) is 12.7. The molecule has 0 bridgehead atoms. The van der Waals surface area contributed by atoms with Gasteiger partial charge >= 0.3 is 0 Å². The minimum atomic E-state index is -0.429. The van der Waals surface area contributed by atoms with E-state index in [1.807, 2.05) is 54.4 Å². The molecule has 34 heavy (non-hydrogen) atoms. The van der Waals surface area contributed by atoms with Crippen LogP contribution in [-0.4, -0.2) is 48.4 Å². The van der Waals surface area contributed by atoms with Gasteiger partial charge in [0.25, 0.3) is 0 Å². The number of piperidine rings is 1. The average Bonchev–Trinajstić information content (AvgIpc) is 2.85. The summed E-state index contributed by atoms with van der Waals surface area (Å²) in [6, 6.07) is 17.3. The number of amides is 2. The second-order valence-electron chi connectivity index (χ2n) is 9.53. The molecule has 0 aliphatic carbocycles. The Labute approximate surface area is 209 Å². The van der Waals surface area contributed by atoms with E-state index >= 15 is 0 Å². The zero-order chi connectivity index (χ0) is 24.6. The Balaban J connectivity index is 1.76. The van der Waals surface area contributed by atoms with Gasteiger partial charge in [-0.2, -0.15) is 0 Å². The predicted molar refractivity (Wildman–Crippen MR) is 137 cm³/mol. The number of hydrogen-bond acceptors (Lipinski definition) is 3. The fraction of sp³-hybridized carbons (Fsp3) is 0.500. The second kappa shape index (κ2) is 12.3. The average molecular weight is 485 g/mol. The van der Waals surface area contributed by atoms with E-state index in [-0.39, 0.29) is 17.7 Å². The van der Waals surface area contributed by atoms with Gasteiger partial charge in [0, 0.05) is 49.5 Å². The molecule has 1 aliphatic heterocycles. The van der Waals surface area contributed by atoms with Crippen LogP contribution in [0.15, 0.2) is 54.6 Å². The highest BCUT2D eigenvalue weighted by Crippen LogP contribution is 2.36. The summed E-state index contributed by atoms with van der Waals surface area (Å²) >= 11 is 6.02.